The molecule has 0 fully saturated rings. The van der Waals surface area contributed by atoms with E-state index in [0.29, 0.717) is 18.1 Å². The molecule has 5 heteroatoms. The number of hydrogen-bond acceptors (Lipinski definition) is 3. The molecule has 120 valence electrons. The maximum Gasteiger partial charge on any atom is 0.339 e. The second-order valence-electron chi connectivity index (χ2n) is 5.69. The van der Waals surface area contributed by atoms with Gasteiger partial charge in [-0.3, -0.25) is 5.21 Å². The molecule has 1 atom stereocenters. The van der Waals surface area contributed by atoms with Gasteiger partial charge in [-0.2, -0.15) is 5.06 Å². The van der Waals surface area contributed by atoms with Gasteiger partial charge in [0.2, 0.25) is 0 Å². The summed E-state index contributed by atoms with van der Waals surface area (Å²) in [7, 11) is 0. The van der Waals surface area contributed by atoms with Gasteiger partial charge in [0.05, 0.1) is 6.04 Å². The van der Waals surface area contributed by atoms with E-state index in [1.807, 2.05) is 48.5 Å². The number of rotatable bonds is 4. The molecule has 0 heterocycles. The highest BCUT2D eigenvalue weighted by Gasteiger charge is 2.29. The number of amides is 2. The summed E-state index contributed by atoms with van der Waals surface area (Å²) in [6.45, 7) is 0.487. The Hall–Kier alpha value is -2.53. The van der Waals surface area contributed by atoms with E-state index in [2.05, 4.69) is 0 Å². The molecule has 0 saturated heterocycles. The summed E-state index contributed by atoms with van der Waals surface area (Å²) in [5.41, 5.74) is 8.25. The van der Waals surface area contributed by atoms with E-state index in [0.717, 1.165) is 35.3 Å². The molecule has 0 bridgehead atoms. The van der Waals surface area contributed by atoms with Crippen LogP contribution in [0.2, 0.25) is 0 Å². The highest BCUT2D eigenvalue weighted by atomic mass is 16.5. The van der Waals surface area contributed by atoms with Crippen molar-refractivity contribution in [2.24, 2.45) is 5.73 Å². The van der Waals surface area contributed by atoms with Crippen LogP contribution in [0.1, 0.15) is 35.6 Å². The summed E-state index contributed by atoms with van der Waals surface area (Å²) in [6.07, 6.45) is 2.42. The molecule has 0 aliphatic heterocycles. The van der Waals surface area contributed by atoms with E-state index < -0.39 is 12.1 Å². The highest BCUT2D eigenvalue weighted by molar-refractivity contribution is 5.71. The Morgan fingerprint density at radius 3 is 2.74 bits per heavy atom. The van der Waals surface area contributed by atoms with Gasteiger partial charge < -0.3 is 10.5 Å². The molecule has 3 rings (SSSR count). The largest absolute Gasteiger partial charge is 0.489 e. The maximum absolute atomic E-state index is 11.3. The lowest BCUT2D eigenvalue weighted by Crippen LogP contribution is -2.37. The number of primary amides is 1. The summed E-state index contributed by atoms with van der Waals surface area (Å²) in [6, 6.07) is 14.4. The van der Waals surface area contributed by atoms with Gasteiger partial charge in [-0.05, 0) is 42.0 Å². The average molecular weight is 312 g/mol. The van der Waals surface area contributed by atoms with E-state index in [1.54, 1.807) is 0 Å². The van der Waals surface area contributed by atoms with E-state index in [4.69, 9.17) is 10.5 Å². The Balaban J connectivity index is 1.83. The SMILES string of the molecule is NC(=O)N(O)C1CCCc2c(OCc3ccccc3)cccc21. The minimum Gasteiger partial charge on any atom is -0.489 e. The van der Waals surface area contributed by atoms with Gasteiger partial charge in [0.15, 0.2) is 0 Å². The lowest BCUT2D eigenvalue weighted by Gasteiger charge is -2.31. The third kappa shape index (κ3) is 3.29. The highest BCUT2D eigenvalue weighted by Crippen LogP contribution is 2.38. The van der Waals surface area contributed by atoms with Crippen molar-refractivity contribution in [3.8, 4) is 5.75 Å². The molecule has 2 aromatic carbocycles. The van der Waals surface area contributed by atoms with Crippen LogP contribution < -0.4 is 10.5 Å². The molecular weight excluding hydrogens is 292 g/mol. The number of urea groups is 1. The molecule has 0 aromatic heterocycles. The van der Waals surface area contributed by atoms with Crippen LogP contribution in [0.15, 0.2) is 48.5 Å². The second kappa shape index (κ2) is 6.71. The molecule has 0 spiro atoms. The van der Waals surface area contributed by atoms with Crippen LogP contribution >= 0.6 is 0 Å². The monoisotopic (exact) mass is 312 g/mol. The smallest absolute Gasteiger partial charge is 0.339 e. The van der Waals surface area contributed by atoms with Gasteiger partial charge in [-0.15, -0.1) is 0 Å². The Morgan fingerprint density at radius 2 is 2.00 bits per heavy atom. The van der Waals surface area contributed by atoms with E-state index >= 15 is 0 Å². The standard InChI is InChI=1S/C18H20N2O3/c19-18(21)20(22)16-10-4-9-15-14(16)8-5-11-17(15)23-12-13-6-2-1-3-7-13/h1-3,5-8,11,16,22H,4,9-10,12H2,(H2,19,21). The van der Waals surface area contributed by atoms with E-state index in [-0.39, 0.29) is 0 Å². The van der Waals surface area contributed by atoms with Crippen LogP contribution in [0.5, 0.6) is 5.75 Å². The Bertz CT molecular complexity index is 688. The van der Waals surface area contributed by atoms with Crippen molar-refractivity contribution in [3.63, 3.8) is 0 Å². The van der Waals surface area contributed by atoms with Crippen LogP contribution in [-0.2, 0) is 13.0 Å². The lowest BCUT2D eigenvalue weighted by molar-refractivity contribution is -0.0809. The van der Waals surface area contributed by atoms with Crippen molar-refractivity contribution in [3.05, 3.63) is 65.2 Å². The van der Waals surface area contributed by atoms with Crippen LogP contribution in [0.4, 0.5) is 4.79 Å². The lowest BCUT2D eigenvalue weighted by atomic mass is 9.87. The summed E-state index contributed by atoms with van der Waals surface area (Å²) in [5.74, 6) is 0.800. The number of carbonyl (C=O) groups is 1. The van der Waals surface area contributed by atoms with Crippen molar-refractivity contribution in [1.29, 1.82) is 0 Å². The molecule has 5 nitrogen and oxygen atoms in total. The van der Waals surface area contributed by atoms with Crippen LogP contribution in [0.25, 0.3) is 0 Å². The summed E-state index contributed by atoms with van der Waals surface area (Å²) < 4.78 is 5.96. The number of benzene rings is 2. The number of ether oxygens (including phenoxy) is 1. The van der Waals surface area contributed by atoms with Gasteiger partial charge >= 0.3 is 6.03 Å². The maximum atomic E-state index is 11.3. The zero-order valence-electron chi connectivity index (χ0n) is 12.8. The summed E-state index contributed by atoms with van der Waals surface area (Å²) >= 11 is 0. The zero-order valence-corrected chi connectivity index (χ0v) is 12.8. The van der Waals surface area contributed by atoms with Gasteiger partial charge in [-0.25, -0.2) is 4.79 Å². The second-order valence-corrected chi connectivity index (χ2v) is 5.69. The zero-order chi connectivity index (χ0) is 16.2. The minimum absolute atomic E-state index is 0.406. The fourth-order valence-corrected chi connectivity index (χ4v) is 3.07. The first-order valence-electron chi connectivity index (χ1n) is 7.73. The third-order valence-corrected chi connectivity index (χ3v) is 4.19. The number of hydrogen-bond donors (Lipinski definition) is 2. The molecule has 1 aliphatic carbocycles. The molecule has 0 saturated carbocycles. The molecule has 1 aliphatic rings. The molecule has 3 N–H and O–H groups in total. The van der Waals surface area contributed by atoms with Crippen molar-refractivity contribution >= 4 is 6.03 Å². The first-order chi connectivity index (χ1) is 11.2. The molecule has 2 amide bonds. The summed E-state index contributed by atoms with van der Waals surface area (Å²) in [5, 5.41) is 10.5. The van der Waals surface area contributed by atoms with Gasteiger partial charge in [0.1, 0.15) is 12.4 Å². The van der Waals surface area contributed by atoms with Crippen LogP contribution in [0.3, 0.4) is 0 Å². The number of carbonyl (C=O) groups excluding carboxylic acids is 1. The molecule has 2 aromatic rings. The molecular formula is C18H20N2O3. The van der Waals surface area contributed by atoms with E-state index in [1.165, 1.54) is 0 Å². The number of nitrogens with two attached hydrogens (primary N) is 1. The third-order valence-electron chi connectivity index (χ3n) is 4.19. The van der Waals surface area contributed by atoms with Crippen molar-refractivity contribution in [2.75, 3.05) is 0 Å². The Morgan fingerprint density at radius 1 is 1.22 bits per heavy atom. The normalized spacial score (nSPS) is 16.5. The fourth-order valence-electron chi connectivity index (χ4n) is 3.07. The Kier molecular flexibility index (Phi) is 4.48. The van der Waals surface area contributed by atoms with Crippen molar-refractivity contribution < 1.29 is 14.7 Å². The predicted molar refractivity (Wildman–Crippen MR) is 86.1 cm³/mol. The molecule has 0 radical (unpaired) electrons. The van der Waals surface area contributed by atoms with E-state index in [9.17, 15) is 10.0 Å². The number of nitrogens with zero attached hydrogens (tertiary/aromatic N) is 1. The molecule has 1 unspecified atom stereocenters. The van der Waals surface area contributed by atoms with Gasteiger partial charge in [0.25, 0.3) is 0 Å². The Labute approximate surface area is 135 Å². The van der Waals surface area contributed by atoms with Gasteiger partial charge in [0, 0.05) is 0 Å². The number of hydroxylamine groups is 2. The minimum atomic E-state index is -0.835. The van der Waals surface area contributed by atoms with Crippen LogP contribution in [-0.4, -0.2) is 16.3 Å². The topological polar surface area (TPSA) is 75.8 Å². The first-order valence-corrected chi connectivity index (χ1v) is 7.73. The summed E-state index contributed by atoms with van der Waals surface area (Å²) in [4.78, 5) is 11.3. The van der Waals surface area contributed by atoms with Crippen molar-refractivity contribution in [2.45, 2.75) is 31.9 Å². The first kappa shape index (κ1) is 15.4. The fraction of sp³-hybridized carbons (Fsp3) is 0.278. The van der Waals surface area contributed by atoms with Crippen molar-refractivity contribution in [1.82, 2.24) is 5.06 Å². The quantitative estimate of drug-likeness (QED) is 0.671. The predicted octanol–water partition coefficient (Wildman–Crippen LogP) is 3.41. The molecule has 23 heavy (non-hydrogen) atoms. The van der Waals surface area contributed by atoms with Crippen LogP contribution in [0, 0.1) is 0 Å². The number of fused-ring (bicyclic) bond motifs is 1. The van der Waals surface area contributed by atoms with Gasteiger partial charge in [-0.1, -0.05) is 42.5 Å². The average Bonchev–Trinajstić information content (AvgIpc) is 2.59.